The third-order valence-corrected chi connectivity index (χ3v) is 4.45. The third-order valence-electron chi connectivity index (χ3n) is 4.45. The number of nitrogens with one attached hydrogen (secondary N) is 2. The highest BCUT2D eigenvalue weighted by atomic mass is 127. The van der Waals surface area contributed by atoms with Crippen LogP contribution in [0.3, 0.4) is 0 Å². The van der Waals surface area contributed by atoms with Gasteiger partial charge in [0.15, 0.2) is 5.96 Å². The van der Waals surface area contributed by atoms with Crippen molar-refractivity contribution in [1.29, 1.82) is 0 Å². The molecule has 7 heteroatoms. The Hall–Kier alpha value is -1.06. The average Bonchev–Trinajstić information content (AvgIpc) is 2.65. The number of nitrogens with zero attached hydrogens (tertiary/aromatic N) is 2. The molecule has 0 radical (unpaired) electrons. The van der Waals surface area contributed by atoms with Crippen LogP contribution in [0.2, 0.25) is 0 Å². The first-order valence-electron chi connectivity index (χ1n) is 9.03. The molecule has 26 heavy (non-hydrogen) atoms. The Labute approximate surface area is 174 Å². The second kappa shape index (κ2) is 11.6. The zero-order valence-corrected chi connectivity index (χ0v) is 18.7. The van der Waals surface area contributed by atoms with Crippen LogP contribution in [0.4, 0.5) is 0 Å². The van der Waals surface area contributed by atoms with Crippen molar-refractivity contribution in [3.63, 3.8) is 0 Å². The molecule has 148 valence electrons. The van der Waals surface area contributed by atoms with Crippen LogP contribution in [-0.2, 0) is 11.3 Å². The maximum atomic E-state index is 5.46. The molecule has 6 nitrogen and oxygen atoms in total. The molecule has 0 aromatic heterocycles. The quantitative estimate of drug-likeness (QED) is 0.360. The van der Waals surface area contributed by atoms with Gasteiger partial charge in [-0.25, -0.2) is 4.99 Å². The zero-order valence-electron chi connectivity index (χ0n) is 16.4. The summed E-state index contributed by atoms with van der Waals surface area (Å²) in [6, 6.07) is 8.02. The Morgan fingerprint density at radius 3 is 2.65 bits per heavy atom. The highest BCUT2D eigenvalue weighted by Crippen LogP contribution is 2.15. The summed E-state index contributed by atoms with van der Waals surface area (Å²) >= 11 is 0. The van der Waals surface area contributed by atoms with Gasteiger partial charge in [-0.15, -0.1) is 24.0 Å². The fourth-order valence-corrected chi connectivity index (χ4v) is 2.86. The summed E-state index contributed by atoms with van der Waals surface area (Å²) in [5.41, 5.74) is 1.18. The van der Waals surface area contributed by atoms with Gasteiger partial charge in [-0.2, -0.15) is 0 Å². The summed E-state index contributed by atoms with van der Waals surface area (Å²) < 4.78 is 10.7. The molecule has 0 aliphatic carbocycles. The summed E-state index contributed by atoms with van der Waals surface area (Å²) in [6.45, 7) is 12.5. The van der Waals surface area contributed by atoms with Gasteiger partial charge in [-0.1, -0.05) is 12.1 Å². The molecule has 0 amide bonds. The minimum Gasteiger partial charge on any atom is -0.497 e. The maximum absolute atomic E-state index is 5.46. The van der Waals surface area contributed by atoms with E-state index in [9.17, 15) is 0 Å². The van der Waals surface area contributed by atoms with E-state index in [1.54, 1.807) is 7.11 Å². The molecule has 0 unspecified atom stereocenters. The summed E-state index contributed by atoms with van der Waals surface area (Å²) in [6.07, 6.45) is 0. The number of ether oxygens (including phenoxy) is 2. The van der Waals surface area contributed by atoms with Crippen LogP contribution in [0.1, 0.15) is 26.3 Å². The van der Waals surface area contributed by atoms with Crippen LogP contribution in [0, 0.1) is 0 Å². The van der Waals surface area contributed by atoms with Crippen molar-refractivity contribution in [2.45, 2.75) is 32.9 Å². The predicted molar refractivity (Wildman–Crippen MR) is 118 cm³/mol. The third kappa shape index (κ3) is 7.28. The lowest BCUT2D eigenvalue weighted by molar-refractivity contribution is -0.00834. The van der Waals surface area contributed by atoms with Crippen LogP contribution in [-0.4, -0.2) is 62.9 Å². The van der Waals surface area contributed by atoms with E-state index in [1.165, 1.54) is 0 Å². The SMILES string of the molecule is CCNC(=NCc1cccc(OC)c1)NCC(C)(C)N1CCOCC1.I. The van der Waals surface area contributed by atoms with E-state index in [0.717, 1.165) is 56.7 Å². The Morgan fingerprint density at radius 2 is 2.00 bits per heavy atom. The van der Waals surface area contributed by atoms with Gasteiger partial charge in [0, 0.05) is 31.7 Å². The molecule has 1 heterocycles. The van der Waals surface area contributed by atoms with E-state index in [0.29, 0.717) is 6.54 Å². The molecule has 1 fully saturated rings. The van der Waals surface area contributed by atoms with E-state index < -0.39 is 0 Å². The van der Waals surface area contributed by atoms with Crippen LogP contribution < -0.4 is 15.4 Å². The number of aliphatic imine (C=N–C) groups is 1. The highest BCUT2D eigenvalue weighted by Gasteiger charge is 2.28. The predicted octanol–water partition coefficient (Wildman–Crippen LogP) is 2.48. The van der Waals surface area contributed by atoms with Crippen molar-refractivity contribution in [1.82, 2.24) is 15.5 Å². The van der Waals surface area contributed by atoms with Crippen molar-refractivity contribution in [2.75, 3.05) is 46.5 Å². The molecule has 0 bridgehead atoms. The molecule has 1 aliphatic rings. The zero-order chi connectivity index (χ0) is 18.1. The number of guanidine groups is 1. The molecule has 1 saturated heterocycles. The largest absolute Gasteiger partial charge is 0.497 e. The van der Waals surface area contributed by atoms with E-state index in [1.807, 2.05) is 18.2 Å². The standard InChI is InChI=1S/C19H32N4O2.HI/c1-5-20-18(21-14-16-7-6-8-17(13-16)24-4)22-15-19(2,3)23-9-11-25-12-10-23;/h6-8,13H,5,9-12,14-15H2,1-4H3,(H2,20,21,22);1H. The number of morpholine rings is 1. The van der Waals surface area contributed by atoms with Gasteiger partial charge in [0.25, 0.3) is 0 Å². The lowest BCUT2D eigenvalue weighted by Crippen LogP contribution is -2.56. The lowest BCUT2D eigenvalue weighted by atomic mass is 10.0. The lowest BCUT2D eigenvalue weighted by Gasteiger charge is -2.41. The first kappa shape index (κ1) is 23.0. The van der Waals surface area contributed by atoms with Gasteiger partial charge >= 0.3 is 0 Å². The summed E-state index contributed by atoms with van der Waals surface area (Å²) in [7, 11) is 1.68. The molecular weight excluding hydrogens is 443 g/mol. The molecular formula is C19H33IN4O2. The second-order valence-corrected chi connectivity index (χ2v) is 6.81. The molecule has 1 aromatic carbocycles. The van der Waals surface area contributed by atoms with Gasteiger partial charge in [0.2, 0.25) is 0 Å². The summed E-state index contributed by atoms with van der Waals surface area (Å²) in [5.74, 6) is 1.70. The first-order chi connectivity index (χ1) is 12.0. The second-order valence-electron chi connectivity index (χ2n) is 6.81. The smallest absolute Gasteiger partial charge is 0.191 e. The number of methoxy groups -OCH3 is 1. The molecule has 1 aromatic rings. The van der Waals surface area contributed by atoms with Crippen LogP contribution in [0.5, 0.6) is 5.75 Å². The number of benzene rings is 1. The molecule has 0 spiro atoms. The van der Waals surface area contributed by atoms with E-state index in [4.69, 9.17) is 14.5 Å². The molecule has 1 aliphatic heterocycles. The van der Waals surface area contributed by atoms with Crippen LogP contribution in [0.25, 0.3) is 0 Å². The number of hydrogen-bond donors (Lipinski definition) is 2. The van der Waals surface area contributed by atoms with E-state index in [-0.39, 0.29) is 29.5 Å². The van der Waals surface area contributed by atoms with Gasteiger partial charge in [0.05, 0.1) is 26.9 Å². The topological polar surface area (TPSA) is 58.1 Å². The highest BCUT2D eigenvalue weighted by molar-refractivity contribution is 14.0. The normalized spacial score (nSPS) is 15.9. The van der Waals surface area contributed by atoms with Crippen molar-refractivity contribution >= 4 is 29.9 Å². The van der Waals surface area contributed by atoms with Crippen LogP contribution in [0.15, 0.2) is 29.3 Å². The van der Waals surface area contributed by atoms with E-state index in [2.05, 4.69) is 42.4 Å². The fraction of sp³-hybridized carbons (Fsp3) is 0.632. The Morgan fingerprint density at radius 1 is 1.27 bits per heavy atom. The molecule has 0 atom stereocenters. The first-order valence-corrected chi connectivity index (χ1v) is 9.03. The number of halogens is 1. The van der Waals surface area contributed by atoms with Crippen molar-refractivity contribution in [3.05, 3.63) is 29.8 Å². The van der Waals surface area contributed by atoms with Gasteiger partial charge in [0.1, 0.15) is 5.75 Å². The van der Waals surface area contributed by atoms with Gasteiger partial charge < -0.3 is 20.1 Å². The molecule has 2 rings (SSSR count). The van der Waals surface area contributed by atoms with Crippen LogP contribution >= 0.6 is 24.0 Å². The van der Waals surface area contributed by atoms with Crippen molar-refractivity contribution in [3.8, 4) is 5.75 Å². The summed E-state index contributed by atoms with van der Waals surface area (Å²) in [5, 5.41) is 6.80. The Bertz CT molecular complexity index is 560. The van der Waals surface area contributed by atoms with Gasteiger partial charge in [-0.3, -0.25) is 4.90 Å². The Balaban J connectivity index is 0.00000338. The minimum absolute atomic E-state index is 0. The number of rotatable bonds is 7. The fourth-order valence-electron chi connectivity index (χ4n) is 2.86. The van der Waals surface area contributed by atoms with Gasteiger partial charge in [-0.05, 0) is 38.5 Å². The van der Waals surface area contributed by atoms with E-state index >= 15 is 0 Å². The minimum atomic E-state index is 0. The molecule has 0 saturated carbocycles. The maximum Gasteiger partial charge on any atom is 0.191 e. The molecule has 2 N–H and O–H groups in total. The van der Waals surface area contributed by atoms with Crippen molar-refractivity contribution in [2.24, 2.45) is 4.99 Å². The average molecular weight is 476 g/mol. The monoisotopic (exact) mass is 476 g/mol. The summed E-state index contributed by atoms with van der Waals surface area (Å²) in [4.78, 5) is 7.17. The number of hydrogen-bond acceptors (Lipinski definition) is 4. The Kier molecular flexibility index (Phi) is 10.3. The van der Waals surface area contributed by atoms with Crippen molar-refractivity contribution < 1.29 is 9.47 Å².